The van der Waals surface area contributed by atoms with E-state index >= 15 is 0 Å². The number of nitro groups is 1. The number of benzene rings is 2. The molecule has 0 radical (unpaired) electrons. The molecule has 1 aromatic heterocycles. The first-order valence-electron chi connectivity index (χ1n) is 5.41. The summed E-state index contributed by atoms with van der Waals surface area (Å²) in [5.41, 5.74) is 0.725. The SMILES string of the molecule is O=C(c1ccc2oc3c(O)cccc3c2c1)[N+](=O)[O-]. The molecule has 94 valence electrons. The average molecular weight is 257 g/mol. The van der Waals surface area contributed by atoms with Crippen LogP contribution in [0.5, 0.6) is 5.75 Å². The molecule has 1 N–H and O–H groups in total. The van der Waals surface area contributed by atoms with Crippen molar-refractivity contribution in [2.45, 2.75) is 0 Å². The maximum absolute atomic E-state index is 11.3. The average Bonchev–Trinajstić information content (AvgIpc) is 2.77. The highest BCUT2D eigenvalue weighted by molar-refractivity contribution is 6.08. The van der Waals surface area contributed by atoms with Gasteiger partial charge in [0.15, 0.2) is 11.3 Å². The maximum Gasteiger partial charge on any atom is 0.476 e. The van der Waals surface area contributed by atoms with Crippen LogP contribution in [0.1, 0.15) is 10.4 Å². The zero-order chi connectivity index (χ0) is 13.6. The third-order valence-electron chi connectivity index (χ3n) is 2.89. The molecule has 0 aliphatic rings. The summed E-state index contributed by atoms with van der Waals surface area (Å²) >= 11 is 0. The molecule has 6 nitrogen and oxygen atoms in total. The van der Waals surface area contributed by atoms with Gasteiger partial charge in [-0.05, 0) is 24.3 Å². The molecule has 19 heavy (non-hydrogen) atoms. The van der Waals surface area contributed by atoms with Gasteiger partial charge >= 0.3 is 5.91 Å². The van der Waals surface area contributed by atoms with Crippen LogP contribution in [0.3, 0.4) is 0 Å². The molecule has 0 unspecified atom stereocenters. The Morgan fingerprint density at radius 2 is 2.00 bits per heavy atom. The Balaban J connectivity index is 2.33. The van der Waals surface area contributed by atoms with Crippen LogP contribution in [0.25, 0.3) is 21.9 Å². The lowest BCUT2D eigenvalue weighted by atomic mass is 10.1. The normalized spacial score (nSPS) is 10.9. The van der Waals surface area contributed by atoms with Gasteiger partial charge < -0.3 is 9.52 Å². The number of fused-ring (bicyclic) bond motifs is 3. The summed E-state index contributed by atoms with van der Waals surface area (Å²) < 4.78 is 5.45. The minimum atomic E-state index is -1.17. The Hall–Kier alpha value is -2.89. The van der Waals surface area contributed by atoms with E-state index in [0.717, 1.165) is 0 Å². The second kappa shape index (κ2) is 3.81. The summed E-state index contributed by atoms with van der Waals surface area (Å²) in [6, 6.07) is 9.02. The second-order valence-electron chi connectivity index (χ2n) is 4.03. The molecule has 0 saturated heterocycles. The minimum Gasteiger partial charge on any atom is -0.504 e. The topological polar surface area (TPSA) is 93.6 Å². The van der Waals surface area contributed by atoms with Gasteiger partial charge in [-0.15, -0.1) is 0 Å². The van der Waals surface area contributed by atoms with Gasteiger partial charge in [0.1, 0.15) is 10.5 Å². The molecule has 3 rings (SSSR count). The van der Waals surface area contributed by atoms with Crippen molar-refractivity contribution in [3.8, 4) is 5.75 Å². The lowest BCUT2D eigenvalue weighted by Crippen LogP contribution is -2.10. The summed E-state index contributed by atoms with van der Waals surface area (Å²) in [4.78, 5) is 20.8. The molecule has 0 aliphatic heterocycles. The molecule has 2 aromatic carbocycles. The standard InChI is InChI=1S/C13H7NO5/c15-10-3-1-2-8-9-6-7(13(16)14(17)18)4-5-11(9)19-12(8)10/h1-6,15H. The number of hydrogen-bond acceptors (Lipinski definition) is 5. The van der Waals surface area contributed by atoms with Gasteiger partial charge in [0.05, 0.1) is 5.56 Å². The highest BCUT2D eigenvalue weighted by Crippen LogP contribution is 2.34. The first-order valence-corrected chi connectivity index (χ1v) is 5.41. The van der Waals surface area contributed by atoms with E-state index in [2.05, 4.69) is 0 Å². The monoisotopic (exact) mass is 257 g/mol. The largest absolute Gasteiger partial charge is 0.504 e. The number of phenols is 1. The Morgan fingerprint density at radius 1 is 1.21 bits per heavy atom. The first kappa shape index (κ1) is 11.2. The fraction of sp³-hybridized carbons (Fsp3) is 0. The number of carbonyl (C=O) groups excluding carboxylic acids is 1. The van der Waals surface area contributed by atoms with Crippen LogP contribution in [-0.2, 0) is 0 Å². The summed E-state index contributed by atoms with van der Waals surface area (Å²) in [5.74, 6) is -1.19. The molecule has 0 atom stereocenters. The van der Waals surface area contributed by atoms with Crippen LogP contribution in [0, 0.1) is 10.1 Å². The molecule has 1 amide bonds. The lowest BCUT2D eigenvalue weighted by molar-refractivity contribution is -0.375. The van der Waals surface area contributed by atoms with E-state index in [-0.39, 0.29) is 11.3 Å². The van der Waals surface area contributed by atoms with E-state index < -0.39 is 10.8 Å². The molecular weight excluding hydrogens is 250 g/mol. The van der Waals surface area contributed by atoms with Gasteiger partial charge in [-0.25, -0.2) is 4.79 Å². The number of hydrogen-bond donors (Lipinski definition) is 1. The van der Waals surface area contributed by atoms with Gasteiger partial charge in [0, 0.05) is 10.8 Å². The van der Waals surface area contributed by atoms with Crippen molar-refractivity contribution in [1.82, 2.24) is 0 Å². The number of amides is 1. The van der Waals surface area contributed by atoms with E-state index in [1.54, 1.807) is 12.1 Å². The molecule has 0 aliphatic carbocycles. The van der Waals surface area contributed by atoms with E-state index in [9.17, 15) is 20.0 Å². The highest BCUT2D eigenvalue weighted by atomic mass is 16.6. The molecule has 0 saturated carbocycles. The van der Waals surface area contributed by atoms with Crippen LogP contribution in [0.4, 0.5) is 0 Å². The third kappa shape index (κ3) is 1.61. The Labute approximate surface area is 106 Å². The molecule has 0 fully saturated rings. The molecule has 0 bridgehead atoms. The van der Waals surface area contributed by atoms with E-state index in [1.165, 1.54) is 24.3 Å². The van der Waals surface area contributed by atoms with E-state index in [4.69, 9.17) is 4.42 Å². The van der Waals surface area contributed by atoms with Crippen molar-refractivity contribution in [2.24, 2.45) is 0 Å². The predicted octanol–water partition coefficient (Wildman–Crippen LogP) is 2.71. The van der Waals surface area contributed by atoms with Gasteiger partial charge in [0.25, 0.3) is 0 Å². The molecule has 3 aromatic rings. The van der Waals surface area contributed by atoms with Crippen molar-refractivity contribution in [2.75, 3.05) is 0 Å². The summed E-state index contributed by atoms with van der Waals surface area (Å²) in [6.45, 7) is 0. The lowest BCUT2D eigenvalue weighted by Gasteiger charge is -1.93. The van der Waals surface area contributed by atoms with Crippen molar-refractivity contribution in [1.29, 1.82) is 0 Å². The van der Waals surface area contributed by atoms with Gasteiger partial charge in [-0.3, -0.25) is 10.1 Å². The number of rotatable bonds is 1. The van der Waals surface area contributed by atoms with Crippen molar-refractivity contribution >= 4 is 27.8 Å². The van der Waals surface area contributed by atoms with Crippen molar-refractivity contribution in [3.63, 3.8) is 0 Å². The quantitative estimate of drug-likeness (QED) is 0.534. The van der Waals surface area contributed by atoms with Gasteiger partial charge in [-0.2, -0.15) is 0 Å². The summed E-state index contributed by atoms with van der Waals surface area (Å²) in [5, 5.41) is 21.3. The van der Waals surface area contributed by atoms with Crippen LogP contribution >= 0.6 is 0 Å². The Kier molecular flexibility index (Phi) is 2.25. The molecule has 0 spiro atoms. The summed E-state index contributed by atoms with van der Waals surface area (Å²) in [6.07, 6.45) is 0. The summed E-state index contributed by atoms with van der Waals surface area (Å²) in [7, 11) is 0. The first-order chi connectivity index (χ1) is 9.08. The van der Waals surface area contributed by atoms with Crippen LogP contribution in [-0.4, -0.2) is 15.9 Å². The second-order valence-corrected chi connectivity index (χ2v) is 4.03. The number of carbonyl (C=O) groups is 1. The Morgan fingerprint density at radius 3 is 2.74 bits per heavy atom. The maximum atomic E-state index is 11.3. The number of furan rings is 1. The zero-order valence-corrected chi connectivity index (χ0v) is 9.49. The van der Waals surface area contributed by atoms with Crippen LogP contribution in [0.15, 0.2) is 40.8 Å². The predicted molar refractivity (Wildman–Crippen MR) is 66.7 cm³/mol. The Bertz CT molecular complexity index is 834. The van der Waals surface area contributed by atoms with Gasteiger partial charge in [0.2, 0.25) is 0 Å². The van der Waals surface area contributed by atoms with Crippen molar-refractivity contribution in [3.05, 3.63) is 52.1 Å². The smallest absolute Gasteiger partial charge is 0.476 e. The van der Waals surface area contributed by atoms with Crippen LogP contribution < -0.4 is 0 Å². The fourth-order valence-corrected chi connectivity index (χ4v) is 2.02. The van der Waals surface area contributed by atoms with Gasteiger partial charge in [-0.1, -0.05) is 12.1 Å². The van der Waals surface area contributed by atoms with Crippen LogP contribution in [0.2, 0.25) is 0 Å². The third-order valence-corrected chi connectivity index (χ3v) is 2.89. The van der Waals surface area contributed by atoms with E-state index in [0.29, 0.717) is 21.9 Å². The number of phenolic OH excluding ortho intramolecular Hbond substituents is 1. The van der Waals surface area contributed by atoms with Crippen molar-refractivity contribution < 1.29 is 19.2 Å². The number of para-hydroxylation sites is 1. The minimum absolute atomic E-state index is 0.0177. The zero-order valence-electron chi connectivity index (χ0n) is 9.49. The molecule has 1 heterocycles. The number of aromatic hydroxyl groups is 1. The highest BCUT2D eigenvalue weighted by Gasteiger charge is 2.20. The van der Waals surface area contributed by atoms with E-state index in [1.807, 2.05) is 0 Å². The number of nitrogens with zero attached hydrogens (tertiary/aromatic N) is 1. The molecule has 6 heteroatoms. The molecular formula is C13H7NO5. The fourth-order valence-electron chi connectivity index (χ4n) is 2.02.